The van der Waals surface area contributed by atoms with Gasteiger partial charge in [-0.15, -0.1) is 11.8 Å². The van der Waals surface area contributed by atoms with E-state index in [0.717, 1.165) is 4.90 Å². The van der Waals surface area contributed by atoms with Gasteiger partial charge in [0, 0.05) is 34.1 Å². The predicted octanol–water partition coefficient (Wildman–Crippen LogP) is 3.60. The lowest BCUT2D eigenvalue weighted by atomic mass is 9.76. The number of thioether (sulfide) groups is 1. The first kappa shape index (κ1) is 15.9. The number of benzene rings is 1. The highest BCUT2D eigenvalue weighted by Gasteiger charge is 2.52. The topological polar surface area (TPSA) is 59.3 Å². The molecule has 120 valence electrons. The first-order valence-corrected chi connectivity index (χ1v) is 8.53. The predicted molar refractivity (Wildman–Crippen MR) is 90.1 cm³/mol. The highest BCUT2D eigenvalue weighted by Crippen LogP contribution is 2.39. The Morgan fingerprint density at radius 2 is 2.04 bits per heavy atom. The Bertz CT molecular complexity index is 765. The third kappa shape index (κ3) is 2.59. The number of carboxylic acid groups (broad SMARTS) is 1. The molecule has 1 aliphatic rings. The molecule has 1 unspecified atom stereocenters. The molecule has 0 aliphatic carbocycles. The number of ketones is 1. The van der Waals surface area contributed by atoms with E-state index in [9.17, 15) is 14.7 Å². The minimum absolute atomic E-state index is 0.304. The number of carbonyl (C=O) groups is 2. The maximum Gasteiger partial charge on any atom is 0.323 e. The van der Waals surface area contributed by atoms with Gasteiger partial charge in [-0.25, -0.2) is 0 Å². The smallest absolute Gasteiger partial charge is 0.323 e. The fourth-order valence-electron chi connectivity index (χ4n) is 3.19. The van der Waals surface area contributed by atoms with Crippen molar-refractivity contribution in [2.24, 2.45) is 0 Å². The third-order valence-corrected chi connectivity index (χ3v) is 5.21. The van der Waals surface area contributed by atoms with Crippen molar-refractivity contribution in [3.8, 4) is 0 Å². The largest absolute Gasteiger partial charge is 0.480 e. The number of hydrogen-bond acceptors (Lipinski definition) is 3. The molecule has 4 nitrogen and oxygen atoms in total. The molecule has 23 heavy (non-hydrogen) atoms. The maximum absolute atomic E-state index is 13.1. The van der Waals surface area contributed by atoms with Gasteiger partial charge in [-0.2, -0.15) is 0 Å². The second kappa shape index (κ2) is 5.89. The number of Topliss-reactive ketones (excluding diaryl/α,β-unsaturated/α-hetero) is 1. The van der Waals surface area contributed by atoms with Crippen LogP contribution in [0, 0.1) is 0 Å². The van der Waals surface area contributed by atoms with Crippen molar-refractivity contribution in [2.75, 3.05) is 0 Å². The van der Waals surface area contributed by atoms with Crippen molar-refractivity contribution in [1.82, 2.24) is 4.57 Å². The Kier molecular flexibility index (Phi) is 4.06. The van der Waals surface area contributed by atoms with Gasteiger partial charge in [0.2, 0.25) is 0 Å². The summed E-state index contributed by atoms with van der Waals surface area (Å²) >= 11 is 1.66. The molecule has 0 amide bonds. The normalized spacial score (nSPS) is 19.8. The number of rotatable bonds is 5. The molecule has 1 aliphatic heterocycles. The van der Waals surface area contributed by atoms with Crippen LogP contribution in [-0.2, 0) is 16.8 Å². The first-order valence-electron chi connectivity index (χ1n) is 7.65. The molecule has 1 atom stereocenters. The molecule has 0 fully saturated rings. The number of aryl methyl sites for hydroxylation is 1. The lowest BCUT2D eigenvalue weighted by molar-refractivity contribution is -0.141. The number of aromatic nitrogens is 1. The van der Waals surface area contributed by atoms with Crippen LogP contribution in [-0.4, -0.2) is 26.7 Å². The fraction of sp³-hybridized carbons (Fsp3) is 0.333. The van der Waals surface area contributed by atoms with Gasteiger partial charge in [-0.05, 0) is 30.7 Å². The van der Waals surface area contributed by atoms with Gasteiger partial charge < -0.3 is 9.67 Å². The summed E-state index contributed by atoms with van der Waals surface area (Å²) < 4.78 is 1.86. The lowest BCUT2D eigenvalue weighted by Crippen LogP contribution is -2.42. The molecule has 2 aromatic rings. The van der Waals surface area contributed by atoms with Crippen LogP contribution in [0.15, 0.2) is 47.5 Å². The molecule has 0 radical (unpaired) electrons. The molecular weight excluding hydrogens is 310 g/mol. The number of carbonyl (C=O) groups excluding carboxylic acids is 1. The summed E-state index contributed by atoms with van der Waals surface area (Å²) in [4.78, 5) is 26.1. The van der Waals surface area contributed by atoms with Crippen LogP contribution in [0.25, 0.3) is 0 Å². The van der Waals surface area contributed by atoms with Gasteiger partial charge in [0.25, 0.3) is 0 Å². The molecule has 5 heteroatoms. The minimum Gasteiger partial charge on any atom is -0.480 e. The Morgan fingerprint density at radius 1 is 1.26 bits per heavy atom. The fourth-order valence-corrected chi connectivity index (χ4v) is 4.08. The Morgan fingerprint density at radius 3 is 2.74 bits per heavy atom. The molecule has 2 heterocycles. The van der Waals surface area contributed by atoms with Crippen molar-refractivity contribution < 1.29 is 14.7 Å². The van der Waals surface area contributed by atoms with Gasteiger partial charge in [-0.3, -0.25) is 9.59 Å². The summed E-state index contributed by atoms with van der Waals surface area (Å²) in [6, 6.07) is 10.8. The van der Waals surface area contributed by atoms with E-state index in [1.54, 1.807) is 30.0 Å². The quantitative estimate of drug-likeness (QED) is 0.517. The van der Waals surface area contributed by atoms with Gasteiger partial charge in [0.1, 0.15) is 0 Å². The second-order valence-electron chi connectivity index (χ2n) is 6.07. The lowest BCUT2D eigenvalue weighted by Gasteiger charge is -2.22. The van der Waals surface area contributed by atoms with Crippen molar-refractivity contribution in [2.45, 2.75) is 42.4 Å². The van der Waals surface area contributed by atoms with Crippen LogP contribution in [0.3, 0.4) is 0 Å². The molecular formula is C18H19NO3S. The van der Waals surface area contributed by atoms with Crippen LogP contribution >= 0.6 is 11.8 Å². The maximum atomic E-state index is 13.1. The molecule has 0 saturated carbocycles. The average molecular weight is 329 g/mol. The number of aliphatic carboxylic acids is 1. The Hall–Kier alpha value is -2.01. The van der Waals surface area contributed by atoms with Crippen molar-refractivity contribution >= 4 is 23.5 Å². The van der Waals surface area contributed by atoms with Crippen LogP contribution in [0.4, 0.5) is 0 Å². The van der Waals surface area contributed by atoms with Crippen molar-refractivity contribution in [1.29, 1.82) is 0 Å². The van der Waals surface area contributed by atoms with E-state index in [0.29, 0.717) is 29.5 Å². The van der Waals surface area contributed by atoms with Crippen molar-refractivity contribution in [3.05, 3.63) is 53.9 Å². The van der Waals surface area contributed by atoms with Gasteiger partial charge in [0.15, 0.2) is 11.2 Å². The molecule has 1 N–H and O–H groups in total. The Labute approximate surface area is 139 Å². The van der Waals surface area contributed by atoms with Gasteiger partial charge in [0.05, 0.1) is 0 Å². The van der Waals surface area contributed by atoms with E-state index < -0.39 is 11.4 Å². The monoisotopic (exact) mass is 329 g/mol. The number of nitrogens with zero attached hydrogens (tertiary/aromatic N) is 1. The zero-order valence-corrected chi connectivity index (χ0v) is 14.0. The standard InChI is InChI=1S/C18H19NO3S/c1-12(2)23-14-6-3-5-13(11-14)16(20)18(17(21)22)8-10-19-9-4-7-15(18)19/h3-7,9,11-12H,8,10H2,1-2H3,(H,21,22). The van der Waals surface area contributed by atoms with Gasteiger partial charge >= 0.3 is 5.97 Å². The summed E-state index contributed by atoms with van der Waals surface area (Å²) in [5.41, 5.74) is -0.422. The average Bonchev–Trinajstić information content (AvgIpc) is 3.08. The summed E-state index contributed by atoms with van der Waals surface area (Å²) in [5.74, 6) is -1.39. The van der Waals surface area contributed by atoms with Crippen LogP contribution in [0.5, 0.6) is 0 Å². The second-order valence-corrected chi connectivity index (χ2v) is 7.72. The third-order valence-electron chi connectivity index (χ3n) is 4.22. The molecule has 0 saturated heterocycles. The van der Waals surface area contributed by atoms with Crippen molar-refractivity contribution in [3.63, 3.8) is 0 Å². The summed E-state index contributed by atoms with van der Waals surface area (Å²) in [7, 11) is 0. The van der Waals surface area contributed by atoms with E-state index in [4.69, 9.17) is 0 Å². The Balaban J connectivity index is 2.03. The minimum atomic E-state index is -1.47. The number of fused-ring (bicyclic) bond motifs is 1. The van der Waals surface area contributed by atoms with E-state index in [1.165, 1.54) is 0 Å². The molecule has 0 bridgehead atoms. The molecule has 1 aromatic carbocycles. The highest BCUT2D eigenvalue weighted by atomic mass is 32.2. The number of hydrogen-bond donors (Lipinski definition) is 1. The van der Waals surface area contributed by atoms with E-state index >= 15 is 0 Å². The van der Waals surface area contributed by atoms with Gasteiger partial charge in [-0.1, -0.05) is 26.0 Å². The van der Waals surface area contributed by atoms with E-state index in [2.05, 4.69) is 13.8 Å². The molecule has 0 spiro atoms. The summed E-state index contributed by atoms with van der Waals surface area (Å²) in [5, 5.41) is 10.2. The van der Waals surface area contributed by atoms with Crippen LogP contribution in [0.1, 0.15) is 36.3 Å². The number of carboxylic acids is 1. The van der Waals surface area contributed by atoms with Crippen LogP contribution < -0.4 is 0 Å². The first-order chi connectivity index (χ1) is 10.9. The summed E-state index contributed by atoms with van der Waals surface area (Å²) in [6.45, 7) is 4.73. The van der Waals surface area contributed by atoms with E-state index in [1.807, 2.05) is 29.0 Å². The SMILES string of the molecule is CC(C)Sc1cccc(C(=O)C2(C(=O)O)CCn3cccc32)c1. The highest BCUT2D eigenvalue weighted by molar-refractivity contribution is 7.99. The van der Waals surface area contributed by atoms with Crippen LogP contribution in [0.2, 0.25) is 0 Å². The zero-order valence-electron chi connectivity index (χ0n) is 13.2. The zero-order chi connectivity index (χ0) is 16.6. The summed E-state index contributed by atoms with van der Waals surface area (Å²) in [6.07, 6.45) is 2.14. The van der Waals surface area contributed by atoms with E-state index in [-0.39, 0.29) is 5.78 Å². The molecule has 1 aromatic heterocycles. The molecule has 3 rings (SSSR count).